The SMILES string of the molecule is C[SiH](C)CCOC(=O)NCCCN. The van der Waals surface area contributed by atoms with Gasteiger partial charge in [-0.05, 0) is 19.0 Å². The second-order valence-corrected chi connectivity index (χ2v) is 6.75. The van der Waals surface area contributed by atoms with Gasteiger partial charge in [-0.1, -0.05) is 13.1 Å². The zero-order valence-electron chi connectivity index (χ0n) is 8.51. The molecule has 0 fully saturated rings. The van der Waals surface area contributed by atoms with Crippen molar-refractivity contribution in [3.8, 4) is 0 Å². The number of amides is 1. The van der Waals surface area contributed by atoms with Crippen LogP contribution in [-0.4, -0.2) is 34.6 Å². The molecule has 0 saturated heterocycles. The Kier molecular flexibility index (Phi) is 7.72. The van der Waals surface area contributed by atoms with Crippen LogP contribution in [0, 0.1) is 0 Å². The summed E-state index contributed by atoms with van der Waals surface area (Å²) >= 11 is 0. The number of carbonyl (C=O) groups is 1. The van der Waals surface area contributed by atoms with E-state index in [-0.39, 0.29) is 6.09 Å². The fourth-order valence-corrected chi connectivity index (χ4v) is 1.32. The monoisotopic (exact) mass is 204 g/mol. The highest BCUT2D eigenvalue weighted by Gasteiger charge is 2.01. The van der Waals surface area contributed by atoms with E-state index in [1.54, 1.807) is 0 Å². The van der Waals surface area contributed by atoms with Gasteiger partial charge in [0.15, 0.2) is 0 Å². The van der Waals surface area contributed by atoms with Gasteiger partial charge in [0, 0.05) is 15.3 Å². The summed E-state index contributed by atoms with van der Waals surface area (Å²) < 4.78 is 4.94. The molecule has 0 aliphatic rings. The van der Waals surface area contributed by atoms with E-state index in [2.05, 4.69) is 18.4 Å². The molecule has 1 amide bonds. The molecule has 78 valence electrons. The number of carbonyl (C=O) groups excluding carboxylic acids is 1. The smallest absolute Gasteiger partial charge is 0.407 e. The fraction of sp³-hybridized carbons (Fsp3) is 0.875. The maximum absolute atomic E-state index is 10.9. The molecule has 0 saturated carbocycles. The number of nitrogens with one attached hydrogen (secondary N) is 1. The molecule has 0 bridgehead atoms. The van der Waals surface area contributed by atoms with Gasteiger partial charge in [0.2, 0.25) is 0 Å². The number of ether oxygens (including phenoxy) is 1. The van der Waals surface area contributed by atoms with E-state index >= 15 is 0 Å². The van der Waals surface area contributed by atoms with Crippen molar-refractivity contribution in [3.63, 3.8) is 0 Å². The van der Waals surface area contributed by atoms with Gasteiger partial charge in [0.1, 0.15) is 0 Å². The van der Waals surface area contributed by atoms with Gasteiger partial charge in [-0.3, -0.25) is 0 Å². The first-order valence-electron chi connectivity index (χ1n) is 4.77. The van der Waals surface area contributed by atoms with Crippen molar-refractivity contribution < 1.29 is 9.53 Å². The molecular weight excluding hydrogens is 184 g/mol. The van der Waals surface area contributed by atoms with Crippen LogP contribution in [0.15, 0.2) is 0 Å². The van der Waals surface area contributed by atoms with Crippen LogP contribution in [0.3, 0.4) is 0 Å². The summed E-state index contributed by atoms with van der Waals surface area (Å²) in [6.07, 6.45) is 0.483. The fourth-order valence-electron chi connectivity index (χ4n) is 0.731. The highest BCUT2D eigenvalue weighted by molar-refractivity contribution is 6.55. The summed E-state index contributed by atoms with van der Waals surface area (Å²) in [5, 5.41) is 2.63. The van der Waals surface area contributed by atoms with E-state index < -0.39 is 8.80 Å². The molecule has 5 heteroatoms. The normalized spacial score (nSPS) is 10.2. The number of hydrogen-bond donors (Lipinski definition) is 2. The standard InChI is InChI=1S/C8H20N2O2Si/c1-13(2)7-6-12-8(11)10-5-3-4-9/h13H,3-7,9H2,1-2H3,(H,10,11). The van der Waals surface area contributed by atoms with Gasteiger partial charge < -0.3 is 15.8 Å². The molecule has 0 aromatic rings. The molecule has 0 aliphatic heterocycles. The van der Waals surface area contributed by atoms with Crippen molar-refractivity contribution in [1.82, 2.24) is 5.32 Å². The Morgan fingerprint density at radius 1 is 1.54 bits per heavy atom. The van der Waals surface area contributed by atoms with Gasteiger partial charge in [0.05, 0.1) is 6.61 Å². The van der Waals surface area contributed by atoms with Gasteiger partial charge in [-0.15, -0.1) is 0 Å². The van der Waals surface area contributed by atoms with E-state index in [0.29, 0.717) is 19.7 Å². The van der Waals surface area contributed by atoms with Crippen LogP contribution in [-0.2, 0) is 4.74 Å². The summed E-state index contributed by atoms with van der Waals surface area (Å²) in [7, 11) is -0.588. The molecule has 0 radical (unpaired) electrons. The van der Waals surface area contributed by atoms with Crippen molar-refractivity contribution in [1.29, 1.82) is 0 Å². The van der Waals surface area contributed by atoms with Crippen LogP contribution >= 0.6 is 0 Å². The topological polar surface area (TPSA) is 64.3 Å². The van der Waals surface area contributed by atoms with Gasteiger partial charge in [-0.2, -0.15) is 0 Å². The molecule has 4 nitrogen and oxygen atoms in total. The Morgan fingerprint density at radius 3 is 2.77 bits per heavy atom. The van der Waals surface area contributed by atoms with E-state index in [0.717, 1.165) is 12.5 Å². The maximum atomic E-state index is 10.9. The third kappa shape index (κ3) is 9.36. The van der Waals surface area contributed by atoms with Gasteiger partial charge in [-0.25, -0.2) is 4.79 Å². The van der Waals surface area contributed by atoms with Crippen LogP contribution in [0.1, 0.15) is 6.42 Å². The van der Waals surface area contributed by atoms with E-state index in [9.17, 15) is 4.79 Å². The minimum absolute atomic E-state index is 0.317. The predicted molar refractivity (Wildman–Crippen MR) is 56.7 cm³/mol. The van der Waals surface area contributed by atoms with Crippen molar-refractivity contribution in [2.45, 2.75) is 25.6 Å². The Balaban J connectivity index is 3.20. The minimum Gasteiger partial charge on any atom is -0.450 e. The molecule has 0 heterocycles. The third-order valence-corrected chi connectivity index (χ3v) is 2.97. The Hall–Kier alpha value is -0.553. The molecule has 0 spiro atoms. The lowest BCUT2D eigenvalue weighted by Crippen LogP contribution is -2.27. The first-order chi connectivity index (χ1) is 6.16. The first kappa shape index (κ1) is 12.4. The second-order valence-electron chi connectivity index (χ2n) is 3.39. The molecule has 0 aromatic heterocycles. The molecular formula is C8H20N2O2Si. The largest absolute Gasteiger partial charge is 0.450 e. The van der Waals surface area contributed by atoms with Crippen molar-refractivity contribution >= 4 is 14.9 Å². The molecule has 0 atom stereocenters. The van der Waals surface area contributed by atoms with E-state index in [1.165, 1.54) is 0 Å². The molecule has 0 rings (SSSR count). The average Bonchev–Trinajstić information content (AvgIpc) is 2.04. The molecule has 0 unspecified atom stereocenters. The summed E-state index contributed by atoms with van der Waals surface area (Å²) in [4.78, 5) is 10.9. The Bertz CT molecular complexity index is 142. The molecule has 3 N–H and O–H groups in total. The highest BCUT2D eigenvalue weighted by atomic mass is 28.3. The van der Waals surface area contributed by atoms with Crippen LogP contribution in [0.25, 0.3) is 0 Å². The van der Waals surface area contributed by atoms with Crippen LogP contribution in [0.5, 0.6) is 0 Å². The van der Waals surface area contributed by atoms with Crippen molar-refractivity contribution in [2.24, 2.45) is 5.73 Å². The van der Waals surface area contributed by atoms with E-state index in [1.807, 2.05) is 0 Å². The predicted octanol–water partition coefficient (Wildman–Crippen LogP) is 0.548. The number of alkyl carbamates (subject to hydrolysis) is 1. The zero-order valence-corrected chi connectivity index (χ0v) is 9.66. The van der Waals surface area contributed by atoms with Gasteiger partial charge in [0.25, 0.3) is 0 Å². The lowest BCUT2D eigenvalue weighted by atomic mass is 10.4. The lowest BCUT2D eigenvalue weighted by Gasteiger charge is -2.06. The summed E-state index contributed by atoms with van der Waals surface area (Å²) in [6.45, 7) is 6.22. The van der Waals surface area contributed by atoms with Crippen LogP contribution in [0.2, 0.25) is 19.1 Å². The summed E-state index contributed by atoms with van der Waals surface area (Å²) in [6, 6.07) is 1.05. The molecule has 13 heavy (non-hydrogen) atoms. The maximum Gasteiger partial charge on any atom is 0.407 e. The lowest BCUT2D eigenvalue weighted by molar-refractivity contribution is 0.152. The highest BCUT2D eigenvalue weighted by Crippen LogP contribution is 1.91. The first-order valence-corrected chi connectivity index (χ1v) is 7.90. The summed E-state index contributed by atoms with van der Waals surface area (Å²) in [5.41, 5.74) is 5.27. The summed E-state index contributed by atoms with van der Waals surface area (Å²) in [5.74, 6) is 0. The molecule has 0 aliphatic carbocycles. The zero-order chi connectivity index (χ0) is 10.1. The Morgan fingerprint density at radius 2 is 2.23 bits per heavy atom. The number of hydrogen-bond acceptors (Lipinski definition) is 3. The second kappa shape index (κ2) is 8.06. The van der Waals surface area contributed by atoms with Gasteiger partial charge >= 0.3 is 6.09 Å². The van der Waals surface area contributed by atoms with Crippen molar-refractivity contribution in [3.05, 3.63) is 0 Å². The number of nitrogens with two attached hydrogens (primary N) is 1. The average molecular weight is 204 g/mol. The van der Waals surface area contributed by atoms with Crippen LogP contribution < -0.4 is 11.1 Å². The quantitative estimate of drug-likeness (QED) is 0.490. The minimum atomic E-state index is -0.588. The third-order valence-electron chi connectivity index (χ3n) is 1.58. The van der Waals surface area contributed by atoms with E-state index in [4.69, 9.17) is 10.5 Å². The molecule has 0 aromatic carbocycles. The number of rotatable bonds is 6. The van der Waals surface area contributed by atoms with Crippen molar-refractivity contribution in [2.75, 3.05) is 19.7 Å². The Labute approximate surface area is 81.4 Å². The van der Waals surface area contributed by atoms with Crippen LogP contribution in [0.4, 0.5) is 4.79 Å².